The first-order valence-electron chi connectivity index (χ1n) is 6.12. The summed E-state index contributed by atoms with van der Waals surface area (Å²) in [4.78, 5) is 10.4. The molecular formula is C14H17NO2S. The fraction of sp³-hybridized carbons (Fsp3) is 0.357. The van der Waals surface area contributed by atoms with Crippen LogP contribution in [0.2, 0.25) is 0 Å². The number of carboxylic acids is 1. The minimum atomic E-state index is -0.732. The standard InChI is InChI=1S/C14H17NO2S/c15-12(6-2-4-8-14(16)17)11-9-18-13-7-3-1-5-10(11)13/h1,3,5,7,9,12H,2,4,6,8,15H2,(H,16,17). The second-order valence-electron chi connectivity index (χ2n) is 4.43. The number of carboxylic acid groups (broad SMARTS) is 1. The lowest BCUT2D eigenvalue weighted by molar-refractivity contribution is -0.137. The molecule has 0 aliphatic carbocycles. The second kappa shape index (κ2) is 5.98. The number of benzene rings is 1. The Balaban J connectivity index is 1.96. The van der Waals surface area contributed by atoms with E-state index in [-0.39, 0.29) is 12.5 Å². The summed E-state index contributed by atoms with van der Waals surface area (Å²) in [5.41, 5.74) is 7.37. The van der Waals surface area contributed by atoms with Gasteiger partial charge < -0.3 is 10.8 Å². The number of hydrogen-bond donors (Lipinski definition) is 2. The molecule has 0 spiro atoms. The van der Waals surface area contributed by atoms with Gasteiger partial charge in [0, 0.05) is 17.2 Å². The van der Waals surface area contributed by atoms with Gasteiger partial charge in [0.1, 0.15) is 0 Å². The number of carbonyl (C=O) groups is 1. The highest BCUT2D eigenvalue weighted by atomic mass is 32.1. The van der Waals surface area contributed by atoms with Crippen molar-refractivity contribution in [2.24, 2.45) is 5.73 Å². The maximum Gasteiger partial charge on any atom is 0.303 e. The van der Waals surface area contributed by atoms with E-state index in [2.05, 4.69) is 17.5 Å². The van der Waals surface area contributed by atoms with Crippen molar-refractivity contribution in [3.63, 3.8) is 0 Å². The molecule has 0 saturated heterocycles. The highest BCUT2D eigenvalue weighted by molar-refractivity contribution is 7.17. The third kappa shape index (κ3) is 3.09. The van der Waals surface area contributed by atoms with E-state index in [0.29, 0.717) is 6.42 Å². The predicted molar refractivity (Wildman–Crippen MR) is 74.9 cm³/mol. The fourth-order valence-electron chi connectivity index (χ4n) is 2.08. The SMILES string of the molecule is NC(CCCCC(=O)O)c1csc2ccccc12. The Hall–Kier alpha value is -1.39. The summed E-state index contributed by atoms with van der Waals surface area (Å²) >= 11 is 1.71. The normalized spacial score (nSPS) is 12.7. The van der Waals surface area contributed by atoms with Crippen molar-refractivity contribution < 1.29 is 9.90 Å². The molecule has 4 heteroatoms. The zero-order valence-electron chi connectivity index (χ0n) is 10.1. The van der Waals surface area contributed by atoms with Crippen LogP contribution in [-0.2, 0) is 4.79 Å². The lowest BCUT2D eigenvalue weighted by atomic mass is 10.0. The Kier molecular flexibility index (Phi) is 4.33. The predicted octanol–water partition coefficient (Wildman–Crippen LogP) is 3.55. The smallest absolute Gasteiger partial charge is 0.303 e. The number of hydrogen-bond acceptors (Lipinski definition) is 3. The molecule has 0 aliphatic heterocycles. The maximum absolute atomic E-state index is 10.4. The van der Waals surface area contributed by atoms with Crippen molar-refractivity contribution in [1.29, 1.82) is 0 Å². The van der Waals surface area contributed by atoms with Crippen LogP contribution in [0.4, 0.5) is 0 Å². The minimum Gasteiger partial charge on any atom is -0.481 e. The van der Waals surface area contributed by atoms with Crippen LogP contribution in [0.3, 0.4) is 0 Å². The van der Waals surface area contributed by atoms with Crippen molar-refractivity contribution in [3.8, 4) is 0 Å². The zero-order valence-corrected chi connectivity index (χ0v) is 11.0. The third-order valence-electron chi connectivity index (χ3n) is 3.07. The second-order valence-corrected chi connectivity index (χ2v) is 5.34. The van der Waals surface area contributed by atoms with Gasteiger partial charge >= 0.3 is 5.97 Å². The van der Waals surface area contributed by atoms with Crippen molar-refractivity contribution in [2.75, 3.05) is 0 Å². The number of thiophene rings is 1. The molecule has 1 aromatic heterocycles. The Morgan fingerprint density at radius 2 is 2.11 bits per heavy atom. The van der Waals surface area contributed by atoms with Gasteiger partial charge in [0.25, 0.3) is 0 Å². The van der Waals surface area contributed by atoms with Crippen LogP contribution in [0, 0.1) is 0 Å². The van der Waals surface area contributed by atoms with Crippen LogP contribution >= 0.6 is 11.3 Å². The number of unbranched alkanes of at least 4 members (excludes halogenated alkanes) is 1. The molecule has 1 heterocycles. The molecule has 0 bridgehead atoms. The van der Waals surface area contributed by atoms with E-state index in [0.717, 1.165) is 12.8 Å². The molecule has 96 valence electrons. The van der Waals surface area contributed by atoms with Crippen LogP contribution in [0.1, 0.15) is 37.3 Å². The average molecular weight is 263 g/mol. The quantitative estimate of drug-likeness (QED) is 0.783. The monoisotopic (exact) mass is 263 g/mol. The van der Waals surface area contributed by atoms with E-state index >= 15 is 0 Å². The van der Waals surface area contributed by atoms with E-state index in [1.807, 2.05) is 12.1 Å². The van der Waals surface area contributed by atoms with Crippen LogP contribution in [0.15, 0.2) is 29.6 Å². The molecule has 3 nitrogen and oxygen atoms in total. The molecule has 3 N–H and O–H groups in total. The molecule has 0 saturated carbocycles. The Morgan fingerprint density at radius 3 is 2.89 bits per heavy atom. The summed E-state index contributed by atoms with van der Waals surface area (Å²) in [6.07, 6.45) is 2.63. The van der Waals surface area contributed by atoms with Gasteiger partial charge in [-0.15, -0.1) is 11.3 Å². The van der Waals surface area contributed by atoms with Crippen LogP contribution in [0.5, 0.6) is 0 Å². The van der Waals surface area contributed by atoms with E-state index in [4.69, 9.17) is 10.8 Å². The van der Waals surface area contributed by atoms with Gasteiger partial charge in [-0.3, -0.25) is 4.79 Å². The highest BCUT2D eigenvalue weighted by Crippen LogP contribution is 2.31. The third-order valence-corrected chi connectivity index (χ3v) is 4.05. The molecule has 0 amide bonds. The molecule has 1 aromatic carbocycles. The molecule has 18 heavy (non-hydrogen) atoms. The number of rotatable bonds is 6. The Morgan fingerprint density at radius 1 is 1.33 bits per heavy atom. The first-order chi connectivity index (χ1) is 8.68. The number of nitrogens with two attached hydrogens (primary N) is 1. The number of fused-ring (bicyclic) bond motifs is 1. The molecule has 0 radical (unpaired) electrons. The highest BCUT2D eigenvalue weighted by Gasteiger charge is 2.11. The molecule has 2 aromatic rings. The molecule has 2 rings (SSSR count). The molecule has 0 aliphatic rings. The lowest BCUT2D eigenvalue weighted by Gasteiger charge is -2.10. The summed E-state index contributed by atoms with van der Waals surface area (Å²) in [6, 6.07) is 8.25. The maximum atomic E-state index is 10.4. The number of aliphatic carboxylic acids is 1. The molecule has 0 fully saturated rings. The van der Waals surface area contributed by atoms with E-state index in [1.165, 1.54) is 15.6 Å². The zero-order chi connectivity index (χ0) is 13.0. The fourth-order valence-corrected chi connectivity index (χ4v) is 3.11. The van der Waals surface area contributed by atoms with Crippen LogP contribution in [-0.4, -0.2) is 11.1 Å². The first-order valence-corrected chi connectivity index (χ1v) is 7.00. The van der Waals surface area contributed by atoms with Crippen LogP contribution in [0.25, 0.3) is 10.1 Å². The first kappa shape index (κ1) is 13.1. The summed E-state index contributed by atoms with van der Waals surface area (Å²) < 4.78 is 1.26. The molecule has 1 unspecified atom stereocenters. The van der Waals surface area contributed by atoms with E-state index in [1.54, 1.807) is 11.3 Å². The Bertz CT molecular complexity index is 535. The minimum absolute atomic E-state index is 0.00921. The van der Waals surface area contributed by atoms with Gasteiger partial charge in [-0.2, -0.15) is 0 Å². The van der Waals surface area contributed by atoms with Crippen molar-refractivity contribution in [2.45, 2.75) is 31.7 Å². The lowest BCUT2D eigenvalue weighted by Crippen LogP contribution is -2.09. The van der Waals surface area contributed by atoms with Crippen LogP contribution < -0.4 is 5.73 Å². The van der Waals surface area contributed by atoms with Gasteiger partial charge in [0.2, 0.25) is 0 Å². The van der Waals surface area contributed by atoms with Gasteiger partial charge in [0.05, 0.1) is 0 Å². The van der Waals surface area contributed by atoms with Gasteiger partial charge in [-0.1, -0.05) is 24.6 Å². The topological polar surface area (TPSA) is 63.3 Å². The summed E-state index contributed by atoms with van der Waals surface area (Å²) in [5, 5.41) is 11.9. The van der Waals surface area contributed by atoms with E-state index in [9.17, 15) is 4.79 Å². The molecule has 1 atom stereocenters. The van der Waals surface area contributed by atoms with Crippen molar-refractivity contribution >= 4 is 27.4 Å². The van der Waals surface area contributed by atoms with E-state index < -0.39 is 5.97 Å². The Labute approximate surface area is 110 Å². The molecular weight excluding hydrogens is 246 g/mol. The summed E-state index contributed by atoms with van der Waals surface area (Å²) in [5.74, 6) is -0.732. The largest absolute Gasteiger partial charge is 0.481 e. The summed E-state index contributed by atoms with van der Waals surface area (Å²) in [6.45, 7) is 0. The van der Waals surface area contributed by atoms with Gasteiger partial charge in [-0.25, -0.2) is 0 Å². The summed E-state index contributed by atoms with van der Waals surface area (Å²) in [7, 11) is 0. The average Bonchev–Trinajstić information content (AvgIpc) is 2.78. The van der Waals surface area contributed by atoms with Crippen molar-refractivity contribution in [1.82, 2.24) is 0 Å². The van der Waals surface area contributed by atoms with Crippen molar-refractivity contribution in [3.05, 3.63) is 35.2 Å². The van der Waals surface area contributed by atoms with Gasteiger partial charge in [-0.05, 0) is 35.2 Å². The van der Waals surface area contributed by atoms with Gasteiger partial charge in [0.15, 0.2) is 0 Å².